The maximum Gasteiger partial charge on any atom is 0.222 e. The molecule has 12 heavy (non-hydrogen) atoms. The lowest BCUT2D eigenvalue weighted by molar-refractivity contribution is -0.128. The van der Waals surface area contributed by atoms with Crippen molar-refractivity contribution in [2.24, 2.45) is 5.92 Å². The monoisotopic (exact) mass is 169 g/mol. The highest BCUT2D eigenvalue weighted by molar-refractivity contribution is 5.75. The van der Waals surface area contributed by atoms with Gasteiger partial charge in [-0.05, 0) is 12.3 Å². The van der Waals surface area contributed by atoms with E-state index in [9.17, 15) is 4.79 Å². The first kappa shape index (κ1) is 9.56. The fraction of sp³-hybridized carbons (Fsp3) is 0.900. The van der Waals surface area contributed by atoms with E-state index in [1.165, 1.54) is 25.7 Å². The van der Waals surface area contributed by atoms with Gasteiger partial charge >= 0.3 is 0 Å². The molecule has 0 bridgehead atoms. The first-order valence-electron chi connectivity index (χ1n) is 4.90. The van der Waals surface area contributed by atoms with Crippen molar-refractivity contribution in [2.75, 3.05) is 14.1 Å². The molecule has 0 unspecified atom stereocenters. The first-order chi connectivity index (χ1) is 5.70. The summed E-state index contributed by atoms with van der Waals surface area (Å²) in [5, 5.41) is 0. The Hall–Kier alpha value is -0.530. The molecule has 1 fully saturated rings. The molecule has 0 aromatic carbocycles. The molecule has 0 aromatic rings. The number of amides is 1. The Labute approximate surface area is 74.9 Å². The van der Waals surface area contributed by atoms with Crippen molar-refractivity contribution >= 4 is 5.91 Å². The van der Waals surface area contributed by atoms with Crippen LogP contribution in [-0.2, 0) is 4.79 Å². The highest BCUT2D eigenvalue weighted by atomic mass is 16.2. The molecule has 0 spiro atoms. The smallest absolute Gasteiger partial charge is 0.222 e. The minimum atomic E-state index is 0.280. The number of hydrogen-bond donors (Lipinski definition) is 0. The molecule has 0 radical (unpaired) electrons. The van der Waals surface area contributed by atoms with Crippen LogP contribution in [0.15, 0.2) is 0 Å². The van der Waals surface area contributed by atoms with Gasteiger partial charge in [0.1, 0.15) is 0 Å². The van der Waals surface area contributed by atoms with Crippen molar-refractivity contribution in [3.63, 3.8) is 0 Å². The van der Waals surface area contributed by atoms with Crippen LogP contribution in [0.25, 0.3) is 0 Å². The van der Waals surface area contributed by atoms with Crippen molar-refractivity contribution in [3.05, 3.63) is 0 Å². The van der Waals surface area contributed by atoms with Gasteiger partial charge < -0.3 is 4.90 Å². The molecule has 0 atom stereocenters. The third kappa shape index (κ3) is 2.84. The average molecular weight is 169 g/mol. The fourth-order valence-corrected chi connectivity index (χ4v) is 1.85. The summed E-state index contributed by atoms with van der Waals surface area (Å²) in [6, 6.07) is 0. The van der Waals surface area contributed by atoms with E-state index in [0.717, 1.165) is 18.8 Å². The molecule has 70 valence electrons. The summed E-state index contributed by atoms with van der Waals surface area (Å²) >= 11 is 0. The lowest BCUT2D eigenvalue weighted by Gasteiger charge is -2.12. The maximum atomic E-state index is 11.2. The number of carbonyl (C=O) groups is 1. The van der Waals surface area contributed by atoms with Crippen LogP contribution < -0.4 is 0 Å². The molecule has 0 aliphatic heterocycles. The Balaban J connectivity index is 2.12. The summed E-state index contributed by atoms with van der Waals surface area (Å²) < 4.78 is 0. The summed E-state index contributed by atoms with van der Waals surface area (Å²) in [5.41, 5.74) is 0. The van der Waals surface area contributed by atoms with Crippen LogP contribution in [0.5, 0.6) is 0 Å². The van der Waals surface area contributed by atoms with Gasteiger partial charge in [0.25, 0.3) is 0 Å². The molecule has 2 heteroatoms. The van der Waals surface area contributed by atoms with E-state index in [4.69, 9.17) is 0 Å². The van der Waals surface area contributed by atoms with Crippen molar-refractivity contribution in [3.8, 4) is 0 Å². The Morgan fingerprint density at radius 1 is 1.33 bits per heavy atom. The van der Waals surface area contributed by atoms with Crippen LogP contribution >= 0.6 is 0 Å². The molecular formula is C10H19NO. The molecule has 1 aliphatic rings. The Bertz CT molecular complexity index is 148. The topological polar surface area (TPSA) is 20.3 Å². The SMILES string of the molecule is CN(C)C(=O)CCC1CCCC1. The van der Waals surface area contributed by atoms with Crippen molar-refractivity contribution in [2.45, 2.75) is 38.5 Å². The van der Waals surface area contributed by atoms with Gasteiger partial charge in [-0.25, -0.2) is 0 Å². The second kappa shape index (κ2) is 4.48. The molecular weight excluding hydrogens is 150 g/mol. The zero-order valence-corrected chi connectivity index (χ0v) is 8.18. The summed E-state index contributed by atoms with van der Waals surface area (Å²) in [7, 11) is 3.66. The van der Waals surface area contributed by atoms with Gasteiger partial charge in [-0.1, -0.05) is 25.7 Å². The standard InChI is InChI=1S/C10H19NO/c1-11(2)10(12)8-7-9-5-3-4-6-9/h9H,3-8H2,1-2H3. The van der Waals surface area contributed by atoms with Gasteiger partial charge in [0.15, 0.2) is 0 Å². The predicted molar refractivity (Wildman–Crippen MR) is 49.9 cm³/mol. The molecule has 1 rings (SSSR count). The summed E-state index contributed by atoms with van der Waals surface area (Å²) in [5.74, 6) is 1.12. The number of carbonyl (C=O) groups excluding carboxylic acids is 1. The third-order valence-electron chi connectivity index (χ3n) is 2.74. The van der Waals surface area contributed by atoms with Crippen molar-refractivity contribution < 1.29 is 4.79 Å². The van der Waals surface area contributed by atoms with Gasteiger partial charge in [-0.3, -0.25) is 4.79 Å². The van der Waals surface area contributed by atoms with Crippen LogP contribution in [-0.4, -0.2) is 24.9 Å². The van der Waals surface area contributed by atoms with Crippen LogP contribution in [0.3, 0.4) is 0 Å². The maximum absolute atomic E-state index is 11.2. The summed E-state index contributed by atoms with van der Waals surface area (Å²) in [6.07, 6.45) is 7.30. The Kier molecular flexibility index (Phi) is 3.57. The average Bonchev–Trinajstić information content (AvgIpc) is 2.51. The van der Waals surface area contributed by atoms with Crippen LogP contribution in [0.4, 0.5) is 0 Å². The number of nitrogens with zero attached hydrogens (tertiary/aromatic N) is 1. The van der Waals surface area contributed by atoms with Gasteiger partial charge in [0.2, 0.25) is 5.91 Å². The molecule has 0 heterocycles. The van der Waals surface area contributed by atoms with Crippen LogP contribution in [0.1, 0.15) is 38.5 Å². The molecule has 1 aliphatic carbocycles. The van der Waals surface area contributed by atoms with Crippen molar-refractivity contribution in [1.29, 1.82) is 0 Å². The zero-order chi connectivity index (χ0) is 8.97. The van der Waals surface area contributed by atoms with E-state index in [1.54, 1.807) is 4.90 Å². The molecule has 0 aromatic heterocycles. The van der Waals surface area contributed by atoms with E-state index in [1.807, 2.05) is 14.1 Å². The van der Waals surface area contributed by atoms with E-state index in [-0.39, 0.29) is 5.91 Å². The van der Waals surface area contributed by atoms with E-state index in [2.05, 4.69) is 0 Å². The zero-order valence-electron chi connectivity index (χ0n) is 8.18. The lowest BCUT2D eigenvalue weighted by Crippen LogP contribution is -2.21. The van der Waals surface area contributed by atoms with Crippen LogP contribution in [0, 0.1) is 5.92 Å². The Morgan fingerprint density at radius 3 is 2.42 bits per heavy atom. The quantitative estimate of drug-likeness (QED) is 0.633. The number of rotatable bonds is 3. The van der Waals surface area contributed by atoms with Gasteiger partial charge in [-0.2, -0.15) is 0 Å². The van der Waals surface area contributed by atoms with Crippen molar-refractivity contribution in [1.82, 2.24) is 4.90 Å². The fourth-order valence-electron chi connectivity index (χ4n) is 1.85. The minimum absolute atomic E-state index is 0.280. The van der Waals surface area contributed by atoms with Gasteiger partial charge in [-0.15, -0.1) is 0 Å². The Morgan fingerprint density at radius 2 is 1.92 bits per heavy atom. The minimum Gasteiger partial charge on any atom is -0.349 e. The number of hydrogen-bond acceptors (Lipinski definition) is 1. The molecule has 2 nitrogen and oxygen atoms in total. The van der Waals surface area contributed by atoms with Crippen LogP contribution in [0.2, 0.25) is 0 Å². The lowest BCUT2D eigenvalue weighted by atomic mass is 10.0. The molecule has 1 amide bonds. The summed E-state index contributed by atoms with van der Waals surface area (Å²) in [6.45, 7) is 0. The van der Waals surface area contributed by atoms with E-state index in [0.29, 0.717) is 0 Å². The van der Waals surface area contributed by atoms with E-state index < -0.39 is 0 Å². The first-order valence-corrected chi connectivity index (χ1v) is 4.90. The molecule has 0 saturated heterocycles. The van der Waals surface area contributed by atoms with Gasteiger partial charge in [0.05, 0.1) is 0 Å². The molecule has 1 saturated carbocycles. The highest BCUT2D eigenvalue weighted by Gasteiger charge is 2.16. The second-order valence-electron chi connectivity index (χ2n) is 3.98. The normalized spacial score (nSPS) is 18.2. The summed E-state index contributed by atoms with van der Waals surface area (Å²) in [4.78, 5) is 12.9. The van der Waals surface area contributed by atoms with E-state index >= 15 is 0 Å². The molecule has 0 N–H and O–H groups in total. The highest BCUT2D eigenvalue weighted by Crippen LogP contribution is 2.28. The largest absolute Gasteiger partial charge is 0.349 e. The third-order valence-corrected chi connectivity index (χ3v) is 2.74. The van der Waals surface area contributed by atoms with Gasteiger partial charge in [0, 0.05) is 20.5 Å². The predicted octanol–water partition coefficient (Wildman–Crippen LogP) is 2.04. The second-order valence-corrected chi connectivity index (χ2v) is 3.98.